The number of carbonyl (C=O) groups excluding carboxylic acids is 1. The van der Waals surface area contributed by atoms with E-state index in [4.69, 9.17) is 5.53 Å². The number of hydrogen-bond acceptors (Lipinski definition) is 4. The van der Waals surface area contributed by atoms with Crippen LogP contribution in [-0.2, 0) is 16.0 Å². The molecule has 1 amide bonds. The fraction of sp³-hybridized carbons (Fsp3) is 0.429. The predicted octanol–water partition coefficient (Wildman–Crippen LogP) is 1.55. The molecule has 1 aliphatic heterocycles. The number of aromatic hydroxyl groups is 1. The van der Waals surface area contributed by atoms with Gasteiger partial charge in [-0.1, -0.05) is 17.2 Å². The van der Waals surface area contributed by atoms with Gasteiger partial charge in [-0.25, -0.2) is 4.79 Å². The highest BCUT2D eigenvalue weighted by Gasteiger charge is 2.37. The number of aliphatic carboxylic acids is 1. The van der Waals surface area contributed by atoms with Crippen LogP contribution >= 0.6 is 0 Å². The smallest absolute Gasteiger partial charge is 0.326 e. The second-order valence-electron chi connectivity index (χ2n) is 5.26. The van der Waals surface area contributed by atoms with Gasteiger partial charge >= 0.3 is 5.97 Å². The first-order valence-corrected chi connectivity index (χ1v) is 6.82. The van der Waals surface area contributed by atoms with Crippen molar-refractivity contribution in [3.05, 3.63) is 40.3 Å². The Morgan fingerprint density at radius 2 is 2.32 bits per heavy atom. The van der Waals surface area contributed by atoms with Crippen LogP contribution in [0.15, 0.2) is 29.4 Å². The molecule has 1 saturated heterocycles. The van der Waals surface area contributed by atoms with E-state index in [-0.39, 0.29) is 43.5 Å². The third-order valence-corrected chi connectivity index (χ3v) is 3.64. The Morgan fingerprint density at radius 1 is 1.55 bits per heavy atom. The van der Waals surface area contributed by atoms with Crippen molar-refractivity contribution in [2.24, 2.45) is 11.0 Å². The zero-order chi connectivity index (χ0) is 16.1. The summed E-state index contributed by atoms with van der Waals surface area (Å²) < 4.78 is 0. The molecule has 0 aromatic heterocycles. The predicted molar refractivity (Wildman–Crippen MR) is 77.1 cm³/mol. The van der Waals surface area contributed by atoms with Crippen LogP contribution in [0.2, 0.25) is 0 Å². The molecular formula is C14H16N4O4. The summed E-state index contributed by atoms with van der Waals surface area (Å²) in [6, 6.07) is 5.31. The molecule has 0 spiro atoms. The SMILES string of the molecule is [N-]=[N+]=NCC1CC(=O)N(C(Cc2cccc(O)c2)C(=O)O)C1. The van der Waals surface area contributed by atoms with Crippen molar-refractivity contribution in [2.45, 2.75) is 18.9 Å². The van der Waals surface area contributed by atoms with E-state index >= 15 is 0 Å². The number of carbonyl (C=O) groups is 2. The van der Waals surface area contributed by atoms with E-state index in [9.17, 15) is 19.8 Å². The van der Waals surface area contributed by atoms with Crippen molar-refractivity contribution < 1.29 is 19.8 Å². The third-order valence-electron chi connectivity index (χ3n) is 3.64. The first-order valence-electron chi connectivity index (χ1n) is 6.82. The number of nitrogens with zero attached hydrogens (tertiary/aromatic N) is 4. The molecule has 2 unspecified atom stereocenters. The fourth-order valence-corrected chi connectivity index (χ4v) is 2.62. The minimum absolute atomic E-state index is 0.0515. The number of likely N-dealkylation sites (tertiary alicyclic amines) is 1. The van der Waals surface area contributed by atoms with Crippen molar-refractivity contribution in [3.8, 4) is 5.75 Å². The molecule has 1 heterocycles. The third kappa shape index (κ3) is 3.67. The van der Waals surface area contributed by atoms with Crippen LogP contribution in [0.4, 0.5) is 0 Å². The first kappa shape index (κ1) is 15.7. The van der Waals surface area contributed by atoms with Gasteiger partial charge < -0.3 is 15.1 Å². The minimum atomic E-state index is -1.10. The average Bonchev–Trinajstić information content (AvgIpc) is 2.83. The molecule has 1 aromatic rings. The van der Waals surface area contributed by atoms with E-state index in [1.807, 2.05) is 0 Å². The van der Waals surface area contributed by atoms with Gasteiger partial charge in [0.15, 0.2) is 0 Å². The molecule has 1 fully saturated rings. The number of rotatable bonds is 6. The molecule has 2 N–H and O–H groups in total. The first-order chi connectivity index (χ1) is 10.5. The molecule has 2 atom stereocenters. The summed E-state index contributed by atoms with van der Waals surface area (Å²) in [6.45, 7) is 0.435. The zero-order valence-electron chi connectivity index (χ0n) is 11.8. The lowest BCUT2D eigenvalue weighted by molar-refractivity contribution is -0.148. The summed E-state index contributed by atoms with van der Waals surface area (Å²) >= 11 is 0. The number of amides is 1. The van der Waals surface area contributed by atoms with Crippen molar-refractivity contribution in [3.63, 3.8) is 0 Å². The Balaban J connectivity index is 2.12. The molecule has 2 rings (SSSR count). The van der Waals surface area contributed by atoms with Crippen LogP contribution in [0.3, 0.4) is 0 Å². The molecule has 0 bridgehead atoms. The van der Waals surface area contributed by atoms with Gasteiger partial charge in [-0.05, 0) is 29.1 Å². The lowest BCUT2D eigenvalue weighted by Crippen LogP contribution is -2.43. The van der Waals surface area contributed by atoms with Gasteiger partial charge in [0.25, 0.3) is 0 Å². The zero-order valence-corrected chi connectivity index (χ0v) is 11.8. The van der Waals surface area contributed by atoms with Gasteiger partial charge in [0.05, 0.1) is 0 Å². The molecule has 1 aromatic carbocycles. The molecule has 8 nitrogen and oxygen atoms in total. The van der Waals surface area contributed by atoms with Crippen molar-refractivity contribution >= 4 is 11.9 Å². The largest absolute Gasteiger partial charge is 0.508 e. The average molecular weight is 304 g/mol. The number of phenolic OH excluding ortho intramolecular Hbond substituents is 1. The molecule has 22 heavy (non-hydrogen) atoms. The molecular weight excluding hydrogens is 288 g/mol. The second-order valence-corrected chi connectivity index (χ2v) is 5.26. The highest BCUT2D eigenvalue weighted by molar-refractivity contribution is 5.85. The number of hydrogen-bond donors (Lipinski definition) is 2. The summed E-state index contributed by atoms with van der Waals surface area (Å²) in [5.41, 5.74) is 8.96. The number of carboxylic acids is 1. The van der Waals surface area contributed by atoms with Gasteiger partial charge in [-0.2, -0.15) is 0 Å². The highest BCUT2D eigenvalue weighted by Crippen LogP contribution is 2.23. The summed E-state index contributed by atoms with van der Waals surface area (Å²) in [5.74, 6) is -1.46. The number of azide groups is 1. The lowest BCUT2D eigenvalue weighted by Gasteiger charge is -2.24. The van der Waals surface area contributed by atoms with E-state index in [1.165, 1.54) is 17.0 Å². The molecule has 0 radical (unpaired) electrons. The monoisotopic (exact) mass is 304 g/mol. The Morgan fingerprint density at radius 3 is 2.95 bits per heavy atom. The highest BCUT2D eigenvalue weighted by atomic mass is 16.4. The van der Waals surface area contributed by atoms with Crippen LogP contribution in [0.5, 0.6) is 5.75 Å². The Kier molecular flexibility index (Phi) is 4.85. The number of carboxylic acid groups (broad SMARTS) is 1. The van der Waals surface area contributed by atoms with Crippen LogP contribution in [-0.4, -0.2) is 46.1 Å². The van der Waals surface area contributed by atoms with Crippen LogP contribution < -0.4 is 0 Å². The Bertz CT molecular complexity index is 627. The van der Waals surface area contributed by atoms with Crippen molar-refractivity contribution in [2.75, 3.05) is 13.1 Å². The maximum absolute atomic E-state index is 12.0. The van der Waals surface area contributed by atoms with Gasteiger partial charge in [0, 0.05) is 30.8 Å². The molecule has 8 heteroatoms. The number of benzene rings is 1. The van der Waals surface area contributed by atoms with Gasteiger partial charge in [0.2, 0.25) is 5.91 Å². The van der Waals surface area contributed by atoms with E-state index in [2.05, 4.69) is 10.0 Å². The summed E-state index contributed by atoms with van der Waals surface area (Å²) in [7, 11) is 0. The summed E-state index contributed by atoms with van der Waals surface area (Å²) in [5, 5.41) is 22.3. The molecule has 116 valence electrons. The summed E-state index contributed by atoms with van der Waals surface area (Å²) in [6.07, 6.45) is 0.298. The van der Waals surface area contributed by atoms with Crippen molar-refractivity contribution in [1.82, 2.24) is 4.90 Å². The van der Waals surface area contributed by atoms with E-state index in [0.29, 0.717) is 5.56 Å². The quantitative estimate of drug-likeness (QED) is 0.469. The van der Waals surface area contributed by atoms with Crippen LogP contribution in [0.1, 0.15) is 12.0 Å². The topological polar surface area (TPSA) is 127 Å². The Labute approximate surface area is 126 Å². The van der Waals surface area contributed by atoms with E-state index in [1.54, 1.807) is 12.1 Å². The standard InChI is InChI=1S/C14H16N4O4/c15-17-16-7-10-6-13(20)18(8-10)12(14(21)22)5-9-2-1-3-11(19)4-9/h1-4,10,12,19H,5-8H2,(H,21,22). The van der Waals surface area contributed by atoms with E-state index < -0.39 is 12.0 Å². The van der Waals surface area contributed by atoms with Gasteiger partial charge in [0.1, 0.15) is 11.8 Å². The summed E-state index contributed by atoms with van der Waals surface area (Å²) in [4.78, 5) is 27.5. The normalized spacial score (nSPS) is 18.8. The molecule has 0 saturated carbocycles. The van der Waals surface area contributed by atoms with Crippen LogP contribution in [0, 0.1) is 5.92 Å². The lowest BCUT2D eigenvalue weighted by atomic mass is 10.0. The molecule has 0 aliphatic carbocycles. The van der Waals surface area contributed by atoms with Gasteiger partial charge in [-0.15, -0.1) is 0 Å². The Hall–Kier alpha value is -2.73. The minimum Gasteiger partial charge on any atom is -0.508 e. The van der Waals surface area contributed by atoms with Crippen molar-refractivity contribution in [1.29, 1.82) is 0 Å². The number of phenols is 1. The fourth-order valence-electron chi connectivity index (χ4n) is 2.62. The molecule has 1 aliphatic rings. The van der Waals surface area contributed by atoms with Crippen LogP contribution in [0.25, 0.3) is 10.4 Å². The maximum atomic E-state index is 12.0. The second kappa shape index (κ2) is 6.82. The van der Waals surface area contributed by atoms with Gasteiger partial charge in [-0.3, -0.25) is 4.79 Å². The van der Waals surface area contributed by atoms with E-state index in [0.717, 1.165) is 0 Å². The maximum Gasteiger partial charge on any atom is 0.326 e.